The van der Waals surface area contributed by atoms with Crippen molar-refractivity contribution in [2.75, 3.05) is 18.8 Å². The van der Waals surface area contributed by atoms with Crippen molar-refractivity contribution in [1.82, 2.24) is 15.1 Å². The van der Waals surface area contributed by atoms with Gasteiger partial charge >= 0.3 is 0 Å². The van der Waals surface area contributed by atoms with Gasteiger partial charge in [-0.1, -0.05) is 31.0 Å². The number of hydrogen-bond acceptors (Lipinski definition) is 4. The Morgan fingerprint density at radius 3 is 2.63 bits per heavy atom. The molecule has 0 amide bonds. The van der Waals surface area contributed by atoms with Gasteiger partial charge in [0.05, 0.1) is 11.4 Å². The smallest absolute Gasteiger partial charge is 0.188 e. The van der Waals surface area contributed by atoms with E-state index in [1.165, 1.54) is 0 Å². The fourth-order valence-corrected chi connectivity index (χ4v) is 2.55. The second kappa shape index (κ2) is 11.4. The standard InChI is InChI=1S/C19H27N7.HI/c1-3-4-11-23-19(22)24-12-5-6-17-16(13-20)18(21)26(25-17)15-9-7-14(2)8-10-15;/h7-10H,3-6,11-12,21H2,1-2H3,(H3,22,23,24);1H. The summed E-state index contributed by atoms with van der Waals surface area (Å²) in [6.45, 7) is 5.56. The molecule has 146 valence electrons. The molecule has 1 aromatic carbocycles. The van der Waals surface area contributed by atoms with Crippen LogP contribution in [0, 0.1) is 18.3 Å². The summed E-state index contributed by atoms with van der Waals surface area (Å²) in [4.78, 5) is 4.30. The molecule has 27 heavy (non-hydrogen) atoms. The zero-order valence-electron chi connectivity index (χ0n) is 15.9. The predicted octanol–water partition coefficient (Wildman–Crippen LogP) is 2.89. The van der Waals surface area contributed by atoms with Crippen LogP contribution in [0.25, 0.3) is 5.69 Å². The summed E-state index contributed by atoms with van der Waals surface area (Å²) < 4.78 is 1.62. The second-order valence-corrected chi connectivity index (χ2v) is 6.22. The van der Waals surface area contributed by atoms with Gasteiger partial charge in [0, 0.05) is 13.1 Å². The number of nitrogens with one attached hydrogen (secondary N) is 1. The van der Waals surface area contributed by atoms with E-state index >= 15 is 0 Å². The zero-order chi connectivity index (χ0) is 18.9. The van der Waals surface area contributed by atoms with Crippen LogP contribution in [0.5, 0.6) is 0 Å². The van der Waals surface area contributed by atoms with E-state index in [0.29, 0.717) is 36.0 Å². The molecule has 2 rings (SSSR count). The van der Waals surface area contributed by atoms with Crippen molar-refractivity contribution in [2.24, 2.45) is 10.7 Å². The number of unbranched alkanes of at least 4 members (excludes halogenated alkanes) is 1. The number of aryl methyl sites for hydroxylation is 2. The number of aromatic nitrogens is 2. The third-order valence-corrected chi connectivity index (χ3v) is 4.07. The van der Waals surface area contributed by atoms with E-state index in [1.54, 1.807) is 4.68 Å². The van der Waals surface area contributed by atoms with Crippen molar-refractivity contribution in [3.63, 3.8) is 0 Å². The highest BCUT2D eigenvalue weighted by atomic mass is 127. The zero-order valence-corrected chi connectivity index (χ0v) is 18.2. The molecular formula is C19H28IN7. The number of nitriles is 1. The van der Waals surface area contributed by atoms with Gasteiger partial charge in [-0.2, -0.15) is 10.4 Å². The highest BCUT2D eigenvalue weighted by molar-refractivity contribution is 14.0. The number of anilines is 1. The van der Waals surface area contributed by atoms with Crippen LogP contribution in [0.15, 0.2) is 29.3 Å². The maximum Gasteiger partial charge on any atom is 0.188 e. The molecule has 7 nitrogen and oxygen atoms in total. The molecule has 0 aliphatic rings. The SMILES string of the molecule is CCCCNC(N)=NCCCc1nn(-c2ccc(C)cc2)c(N)c1C#N.I. The predicted molar refractivity (Wildman–Crippen MR) is 121 cm³/mol. The lowest BCUT2D eigenvalue weighted by Crippen LogP contribution is -2.32. The van der Waals surface area contributed by atoms with E-state index in [9.17, 15) is 5.26 Å². The second-order valence-electron chi connectivity index (χ2n) is 6.22. The molecule has 0 unspecified atom stereocenters. The normalized spacial score (nSPS) is 10.9. The Balaban J connectivity index is 0.00000364. The third kappa shape index (κ3) is 6.43. The number of rotatable bonds is 8. The monoisotopic (exact) mass is 481 g/mol. The van der Waals surface area contributed by atoms with Crippen molar-refractivity contribution in [2.45, 2.75) is 39.5 Å². The maximum atomic E-state index is 9.43. The first-order valence-electron chi connectivity index (χ1n) is 8.95. The molecule has 0 bridgehead atoms. The molecule has 2 aromatic rings. The van der Waals surface area contributed by atoms with E-state index in [4.69, 9.17) is 11.5 Å². The number of guanidine groups is 1. The van der Waals surface area contributed by atoms with Crippen molar-refractivity contribution in [3.8, 4) is 11.8 Å². The molecule has 5 N–H and O–H groups in total. The van der Waals surface area contributed by atoms with Gasteiger partial charge in [-0.25, -0.2) is 4.68 Å². The first-order valence-corrected chi connectivity index (χ1v) is 8.95. The Kier molecular flexibility index (Phi) is 9.64. The van der Waals surface area contributed by atoms with Crippen LogP contribution in [-0.2, 0) is 6.42 Å². The lowest BCUT2D eigenvalue weighted by Gasteiger charge is -2.04. The van der Waals surface area contributed by atoms with Gasteiger partial charge < -0.3 is 16.8 Å². The molecule has 0 saturated carbocycles. The number of nitrogens with two attached hydrogens (primary N) is 2. The highest BCUT2D eigenvalue weighted by Gasteiger charge is 2.16. The fourth-order valence-electron chi connectivity index (χ4n) is 2.55. The van der Waals surface area contributed by atoms with Crippen molar-refractivity contribution in [1.29, 1.82) is 5.26 Å². The minimum absolute atomic E-state index is 0. The van der Waals surface area contributed by atoms with Crippen LogP contribution in [0.1, 0.15) is 43.0 Å². The summed E-state index contributed by atoms with van der Waals surface area (Å²) >= 11 is 0. The summed E-state index contributed by atoms with van der Waals surface area (Å²) in [5.41, 5.74) is 15.1. The van der Waals surface area contributed by atoms with Gasteiger partial charge in [-0.05, 0) is 38.3 Å². The summed E-state index contributed by atoms with van der Waals surface area (Å²) in [5, 5.41) is 17.0. The van der Waals surface area contributed by atoms with Crippen LogP contribution in [0.4, 0.5) is 5.82 Å². The molecule has 0 spiro atoms. The molecule has 0 atom stereocenters. The van der Waals surface area contributed by atoms with Gasteiger partial charge in [0.25, 0.3) is 0 Å². The lowest BCUT2D eigenvalue weighted by atomic mass is 10.1. The third-order valence-electron chi connectivity index (χ3n) is 4.07. The molecule has 8 heteroatoms. The fraction of sp³-hybridized carbons (Fsp3) is 0.421. The summed E-state index contributed by atoms with van der Waals surface area (Å²) in [7, 11) is 0. The Bertz CT molecular complexity index is 788. The van der Waals surface area contributed by atoms with Crippen LogP contribution in [0.2, 0.25) is 0 Å². The number of nitrogens with zero attached hydrogens (tertiary/aromatic N) is 4. The molecule has 0 aliphatic heterocycles. The Hall–Kier alpha value is -2.28. The Morgan fingerprint density at radius 2 is 2.00 bits per heavy atom. The molecule has 0 radical (unpaired) electrons. The van der Waals surface area contributed by atoms with Gasteiger partial charge in [-0.3, -0.25) is 4.99 Å². The van der Waals surface area contributed by atoms with Crippen molar-refractivity contribution in [3.05, 3.63) is 41.1 Å². The first kappa shape index (κ1) is 22.8. The lowest BCUT2D eigenvalue weighted by molar-refractivity contribution is 0.740. The number of nitrogen functional groups attached to an aromatic ring is 1. The van der Waals surface area contributed by atoms with Crippen LogP contribution < -0.4 is 16.8 Å². The van der Waals surface area contributed by atoms with Crippen LogP contribution in [0.3, 0.4) is 0 Å². The summed E-state index contributed by atoms with van der Waals surface area (Å²) in [6.07, 6.45) is 3.55. The minimum atomic E-state index is 0. The van der Waals surface area contributed by atoms with Crippen molar-refractivity contribution < 1.29 is 0 Å². The number of benzene rings is 1. The number of aliphatic imine (C=N–C) groups is 1. The van der Waals surface area contributed by atoms with E-state index in [1.807, 2.05) is 31.2 Å². The van der Waals surface area contributed by atoms with E-state index in [2.05, 4.69) is 28.4 Å². The molecule has 1 aromatic heterocycles. The maximum absolute atomic E-state index is 9.43. The van der Waals surface area contributed by atoms with E-state index in [-0.39, 0.29) is 24.0 Å². The van der Waals surface area contributed by atoms with Gasteiger partial charge in [0.2, 0.25) is 0 Å². The largest absolute Gasteiger partial charge is 0.382 e. The van der Waals surface area contributed by atoms with E-state index in [0.717, 1.165) is 37.1 Å². The molecule has 1 heterocycles. The number of halogens is 1. The molecular weight excluding hydrogens is 453 g/mol. The quantitative estimate of drug-likeness (QED) is 0.232. The molecule has 0 fully saturated rings. The Morgan fingerprint density at radius 1 is 1.30 bits per heavy atom. The summed E-state index contributed by atoms with van der Waals surface area (Å²) in [6, 6.07) is 10.0. The van der Waals surface area contributed by atoms with E-state index < -0.39 is 0 Å². The topological polar surface area (TPSA) is 118 Å². The van der Waals surface area contributed by atoms with Crippen LogP contribution >= 0.6 is 24.0 Å². The van der Waals surface area contributed by atoms with Crippen molar-refractivity contribution >= 4 is 35.8 Å². The average Bonchev–Trinajstić information content (AvgIpc) is 2.95. The molecule has 0 aliphatic carbocycles. The highest BCUT2D eigenvalue weighted by Crippen LogP contribution is 2.21. The Labute approximate surface area is 177 Å². The summed E-state index contributed by atoms with van der Waals surface area (Å²) in [5.74, 6) is 0.833. The van der Waals surface area contributed by atoms with Gasteiger partial charge in [0.15, 0.2) is 5.96 Å². The van der Waals surface area contributed by atoms with Gasteiger partial charge in [-0.15, -0.1) is 24.0 Å². The number of hydrogen-bond donors (Lipinski definition) is 3. The first-order chi connectivity index (χ1) is 12.6. The average molecular weight is 481 g/mol. The van der Waals surface area contributed by atoms with Gasteiger partial charge in [0.1, 0.15) is 17.5 Å². The van der Waals surface area contributed by atoms with Crippen LogP contribution in [-0.4, -0.2) is 28.8 Å². The minimum Gasteiger partial charge on any atom is -0.382 e. The molecule has 0 saturated heterocycles.